The van der Waals surface area contributed by atoms with E-state index in [0.29, 0.717) is 9.68 Å². The highest BCUT2D eigenvalue weighted by atomic mass is 32.2. The van der Waals surface area contributed by atoms with E-state index in [1.807, 2.05) is 66.2 Å². The number of hydrogen-bond acceptors (Lipinski definition) is 5. The summed E-state index contributed by atoms with van der Waals surface area (Å²) in [6.07, 6.45) is 1.71. The molecule has 1 aromatic heterocycles. The van der Waals surface area contributed by atoms with E-state index >= 15 is 0 Å². The Hall–Kier alpha value is -2.82. The molecule has 5 nitrogen and oxygen atoms in total. The molecule has 0 aliphatic heterocycles. The zero-order valence-corrected chi connectivity index (χ0v) is 15.1. The van der Waals surface area contributed by atoms with Gasteiger partial charge in [-0.1, -0.05) is 30.0 Å². The van der Waals surface area contributed by atoms with Crippen LogP contribution in [0.3, 0.4) is 0 Å². The lowest BCUT2D eigenvalue weighted by Crippen LogP contribution is -1.93. The van der Waals surface area contributed by atoms with Crippen LogP contribution in [0.5, 0.6) is 0 Å². The van der Waals surface area contributed by atoms with Gasteiger partial charge in [0.05, 0.1) is 0 Å². The lowest BCUT2D eigenvalue weighted by molar-refractivity contribution is 0.902. The van der Waals surface area contributed by atoms with Gasteiger partial charge >= 0.3 is 0 Å². The second-order valence-corrected chi connectivity index (χ2v) is 6.67. The summed E-state index contributed by atoms with van der Waals surface area (Å²) in [5.41, 5.74) is 1.85. The van der Waals surface area contributed by atoms with Crippen molar-refractivity contribution < 1.29 is 0 Å². The minimum Gasteiger partial charge on any atom is -0.360 e. The maximum atomic E-state index is 9.29. The molecule has 0 spiro atoms. The average molecular weight is 365 g/mol. The second kappa shape index (κ2) is 7.83. The summed E-state index contributed by atoms with van der Waals surface area (Å²) in [5.74, 6) is 0.782. The number of anilines is 1. The first-order valence-electron chi connectivity index (χ1n) is 7.49. The van der Waals surface area contributed by atoms with Crippen molar-refractivity contribution in [2.24, 2.45) is 7.05 Å². The Morgan fingerprint density at radius 2 is 1.96 bits per heavy atom. The molecule has 0 aliphatic rings. The fourth-order valence-electron chi connectivity index (χ4n) is 2.17. The highest BCUT2D eigenvalue weighted by Crippen LogP contribution is 2.26. The smallest absolute Gasteiger partial charge is 0.195 e. The monoisotopic (exact) mass is 365 g/mol. The molecule has 2 N–H and O–H groups in total. The fourth-order valence-corrected chi connectivity index (χ4v) is 3.01. The Labute approximate surface area is 155 Å². The fraction of sp³-hybridized carbons (Fsp3) is 0.0556. The van der Waals surface area contributed by atoms with Gasteiger partial charge < -0.3 is 9.88 Å². The third-order valence-corrected chi connectivity index (χ3v) is 4.78. The van der Waals surface area contributed by atoms with Crippen LogP contribution < -0.4 is 5.32 Å². The zero-order chi connectivity index (χ0) is 17.6. The molecular weight excluding hydrogens is 350 g/mol. The molecule has 0 bridgehead atoms. The molecule has 0 radical (unpaired) electrons. The maximum absolute atomic E-state index is 9.29. The van der Waals surface area contributed by atoms with E-state index in [9.17, 15) is 5.26 Å². The quantitative estimate of drug-likeness (QED) is 0.389. The topological polar surface area (TPSA) is 69.4 Å². The molecule has 1 heterocycles. The van der Waals surface area contributed by atoms with Gasteiger partial charge in [0, 0.05) is 29.4 Å². The second-order valence-electron chi connectivity index (χ2n) is 5.17. The minimum absolute atomic E-state index is 0.580. The molecule has 124 valence electrons. The molecule has 0 fully saturated rings. The minimum atomic E-state index is 0.580. The van der Waals surface area contributed by atoms with E-state index < -0.39 is 0 Å². The van der Waals surface area contributed by atoms with Crippen molar-refractivity contribution in [1.82, 2.24) is 14.8 Å². The molecule has 0 saturated carbocycles. The summed E-state index contributed by atoms with van der Waals surface area (Å²) >= 11 is 6.55. The number of aromatic amines is 1. The number of hydrogen-bond donors (Lipinski definition) is 2. The van der Waals surface area contributed by atoms with Crippen LogP contribution in [0.2, 0.25) is 0 Å². The lowest BCUT2D eigenvalue weighted by Gasteiger charge is -2.05. The van der Waals surface area contributed by atoms with Crippen LogP contribution in [0.25, 0.3) is 11.4 Å². The van der Waals surface area contributed by atoms with Crippen LogP contribution in [-0.4, -0.2) is 14.8 Å². The number of nitriles is 1. The first-order valence-corrected chi connectivity index (χ1v) is 8.71. The van der Waals surface area contributed by atoms with Gasteiger partial charge in [-0.25, -0.2) is 0 Å². The third kappa shape index (κ3) is 4.18. The van der Waals surface area contributed by atoms with Crippen LogP contribution in [0.4, 0.5) is 5.69 Å². The van der Waals surface area contributed by atoms with Gasteiger partial charge in [-0.2, -0.15) is 10.4 Å². The van der Waals surface area contributed by atoms with Crippen molar-refractivity contribution in [3.63, 3.8) is 0 Å². The van der Waals surface area contributed by atoms with E-state index in [-0.39, 0.29) is 0 Å². The summed E-state index contributed by atoms with van der Waals surface area (Å²) in [5, 5.41) is 19.4. The van der Waals surface area contributed by atoms with Crippen LogP contribution in [0.1, 0.15) is 0 Å². The number of nitrogens with zero attached hydrogens (tertiary/aromatic N) is 3. The van der Waals surface area contributed by atoms with Crippen molar-refractivity contribution >= 4 is 29.7 Å². The first-order chi connectivity index (χ1) is 12.2. The summed E-state index contributed by atoms with van der Waals surface area (Å²) in [6.45, 7) is 0. The zero-order valence-electron chi connectivity index (χ0n) is 13.4. The van der Waals surface area contributed by atoms with E-state index in [0.717, 1.165) is 22.0 Å². The Morgan fingerprint density at radius 3 is 2.56 bits per heavy atom. The van der Waals surface area contributed by atoms with Crippen LogP contribution in [0, 0.1) is 16.1 Å². The predicted octanol–water partition coefficient (Wildman–Crippen LogP) is 4.71. The summed E-state index contributed by atoms with van der Waals surface area (Å²) < 4.78 is 2.40. The molecule has 3 rings (SSSR count). The van der Waals surface area contributed by atoms with Gasteiger partial charge in [0.15, 0.2) is 10.6 Å². The average Bonchev–Trinajstić information content (AvgIpc) is 2.99. The molecular formula is C18H15N5S2. The SMILES string of the molecule is Cn1c(-c2ccc(N/C=C(\C#N)Sc3ccccc3)cc2)n[nH]c1=S. The van der Waals surface area contributed by atoms with E-state index in [4.69, 9.17) is 12.2 Å². The standard InChI is InChI=1S/C18H15N5S2/c1-23-17(21-22-18(23)24)13-7-9-14(10-8-13)20-12-16(11-19)25-15-5-3-2-4-6-15/h2-10,12,20H,1H3,(H,22,24)/b16-12+. The van der Waals surface area contributed by atoms with Gasteiger partial charge in [0.25, 0.3) is 0 Å². The molecule has 0 unspecified atom stereocenters. The Morgan fingerprint density at radius 1 is 1.24 bits per heavy atom. The van der Waals surface area contributed by atoms with Gasteiger partial charge in [0.1, 0.15) is 11.0 Å². The van der Waals surface area contributed by atoms with Crippen molar-refractivity contribution in [1.29, 1.82) is 5.26 Å². The van der Waals surface area contributed by atoms with Gasteiger partial charge in [-0.05, 0) is 48.6 Å². The maximum Gasteiger partial charge on any atom is 0.195 e. The molecule has 3 aromatic rings. The summed E-state index contributed by atoms with van der Waals surface area (Å²) in [7, 11) is 1.87. The Balaban J connectivity index is 1.71. The van der Waals surface area contributed by atoms with Gasteiger partial charge in [-0.3, -0.25) is 5.10 Å². The van der Waals surface area contributed by atoms with Crippen LogP contribution in [-0.2, 0) is 7.05 Å². The van der Waals surface area contributed by atoms with Crippen molar-refractivity contribution in [2.45, 2.75) is 4.90 Å². The van der Waals surface area contributed by atoms with Gasteiger partial charge in [0.2, 0.25) is 0 Å². The largest absolute Gasteiger partial charge is 0.360 e. The number of rotatable bonds is 5. The first kappa shape index (κ1) is 17.0. The highest BCUT2D eigenvalue weighted by Gasteiger charge is 2.05. The van der Waals surface area contributed by atoms with E-state index in [1.54, 1.807) is 6.20 Å². The van der Waals surface area contributed by atoms with E-state index in [2.05, 4.69) is 21.6 Å². The molecule has 0 aliphatic carbocycles. The number of thioether (sulfide) groups is 1. The molecule has 0 atom stereocenters. The summed E-state index contributed by atoms with van der Waals surface area (Å²) in [6, 6.07) is 19.8. The van der Waals surface area contributed by atoms with Gasteiger partial charge in [-0.15, -0.1) is 0 Å². The van der Waals surface area contributed by atoms with Crippen LogP contribution in [0.15, 0.2) is 70.6 Å². The van der Waals surface area contributed by atoms with E-state index in [1.165, 1.54) is 11.8 Å². The van der Waals surface area contributed by atoms with Crippen LogP contribution >= 0.6 is 24.0 Å². The number of benzene rings is 2. The third-order valence-electron chi connectivity index (χ3n) is 3.47. The number of nitrogens with one attached hydrogen (secondary N) is 2. The molecule has 0 amide bonds. The number of allylic oxidation sites excluding steroid dienone is 1. The predicted molar refractivity (Wildman–Crippen MR) is 103 cm³/mol. The molecule has 2 aromatic carbocycles. The summed E-state index contributed by atoms with van der Waals surface area (Å²) in [4.78, 5) is 1.61. The van der Waals surface area contributed by atoms with Crippen molar-refractivity contribution in [2.75, 3.05) is 5.32 Å². The Bertz CT molecular complexity index is 979. The number of aromatic nitrogens is 3. The number of H-pyrrole nitrogens is 1. The van der Waals surface area contributed by atoms with Crippen molar-refractivity contribution in [3.8, 4) is 17.5 Å². The Kier molecular flexibility index (Phi) is 5.33. The van der Waals surface area contributed by atoms with Crippen molar-refractivity contribution in [3.05, 3.63) is 70.5 Å². The highest BCUT2D eigenvalue weighted by molar-refractivity contribution is 8.03. The molecule has 7 heteroatoms. The molecule has 25 heavy (non-hydrogen) atoms. The normalized spacial score (nSPS) is 11.1. The lowest BCUT2D eigenvalue weighted by atomic mass is 10.2. The molecule has 0 saturated heterocycles.